The molecule has 0 saturated carbocycles. The summed E-state index contributed by atoms with van der Waals surface area (Å²) in [4.78, 5) is 21.3. The van der Waals surface area contributed by atoms with Crippen LogP contribution in [0.4, 0.5) is 22.0 Å². The molecule has 0 heterocycles. The van der Waals surface area contributed by atoms with Gasteiger partial charge >= 0.3 is 6.18 Å². The summed E-state index contributed by atoms with van der Waals surface area (Å²) in [6.45, 7) is -1.08. The third-order valence-corrected chi connectivity index (χ3v) is 3.00. The van der Waals surface area contributed by atoms with E-state index >= 15 is 0 Å². The second-order valence-electron chi connectivity index (χ2n) is 4.78. The Morgan fingerprint density at radius 3 is 2.20 bits per heavy atom. The van der Waals surface area contributed by atoms with Crippen LogP contribution in [0.3, 0.4) is 0 Å². The molecule has 0 unspecified atom stereocenters. The number of Topliss-reactive ketones (excluding diaryl/α,β-unsaturated/α-hetero) is 1. The van der Waals surface area contributed by atoms with Gasteiger partial charge in [0.15, 0.2) is 17.4 Å². The zero-order chi connectivity index (χ0) is 18.8. The Balaban J connectivity index is 2.41. The minimum absolute atomic E-state index is 0.0415. The SMILES string of the molecule is O=C(C[N+](=O)[O-])c1ccccc1Oc1c(F)cc(C(F)(F)F)cc1F. The van der Waals surface area contributed by atoms with Crippen LogP contribution >= 0.6 is 0 Å². The molecule has 5 nitrogen and oxygen atoms in total. The third kappa shape index (κ3) is 4.28. The number of nitro groups is 1. The molecular formula is C15H8F5NO4. The Morgan fingerprint density at radius 1 is 1.12 bits per heavy atom. The minimum atomic E-state index is -4.96. The van der Waals surface area contributed by atoms with E-state index in [4.69, 9.17) is 4.74 Å². The van der Waals surface area contributed by atoms with Gasteiger partial charge in [-0.25, -0.2) is 8.78 Å². The molecule has 0 aliphatic carbocycles. The fourth-order valence-corrected chi connectivity index (χ4v) is 1.92. The lowest BCUT2D eigenvalue weighted by molar-refractivity contribution is -0.465. The summed E-state index contributed by atoms with van der Waals surface area (Å²) in [5.74, 6) is -5.85. The molecule has 0 radical (unpaired) electrons. The molecule has 0 aliphatic heterocycles. The second-order valence-corrected chi connectivity index (χ2v) is 4.78. The summed E-state index contributed by atoms with van der Waals surface area (Å²) >= 11 is 0. The van der Waals surface area contributed by atoms with Crippen LogP contribution in [-0.2, 0) is 6.18 Å². The first kappa shape index (κ1) is 18.3. The number of halogens is 5. The van der Waals surface area contributed by atoms with Crippen LogP contribution in [0, 0.1) is 21.7 Å². The van der Waals surface area contributed by atoms with Crippen LogP contribution in [0.1, 0.15) is 15.9 Å². The van der Waals surface area contributed by atoms with Crippen molar-refractivity contribution in [2.24, 2.45) is 0 Å². The average Bonchev–Trinajstić information content (AvgIpc) is 2.49. The van der Waals surface area contributed by atoms with E-state index in [1.165, 1.54) is 12.1 Å². The number of hydrogen-bond acceptors (Lipinski definition) is 4. The number of carbonyl (C=O) groups is 1. The van der Waals surface area contributed by atoms with Gasteiger partial charge in [0.1, 0.15) is 5.75 Å². The molecule has 0 aliphatic rings. The summed E-state index contributed by atoms with van der Waals surface area (Å²) in [5, 5.41) is 10.4. The standard InChI is InChI=1S/C15H8F5NO4/c16-10-5-8(15(18,19)20)6-11(17)14(10)25-13-4-2-1-3-9(13)12(22)7-21(23)24/h1-6H,7H2. The highest BCUT2D eigenvalue weighted by molar-refractivity contribution is 5.99. The van der Waals surface area contributed by atoms with Crippen molar-refractivity contribution in [1.82, 2.24) is 0 Å². The van der Waals surface area contributed by atoms with Crippen molar-refractivity contribution in [3.8, 4) is 11.5 Å². The fraction of sp³-hybridized carbons (Fsp3) is 0.133. The molecule has 2 aromatic rings. The van der Waals surface area contributed by atoms with Gasteiger partial charge in [0.2, 0.25) is 5.78 Å². The van der Waals surface area contributed by atoms with Crippen molar-refractivity contribution in [3.05, 3.63) is 69.3 Å². The molecule has 0 saturated heterocycles. The van der Waals surface area contributed by atoms with Crippen LogP contribution in [0.15, 0.2) is 36.4 Å². The maximum Gasteiger partial charge on any atom is 0.416 e. The summed E-state index contributed by atoms with van der Waals surface area (Å²) in [6, 6.07) is 4.96. The maximum atomic E-state index is 13.8. The molecule has 10 heteroatoms. The lowest BCUT2D eigenvalue weighted by Crippen LogP contribution is -2.14. The zero-order valence-corrected chi connectivity index (χ0v) is 12.1. The van der Waals surface area contributed by atoms with Gasteiger partial charge in [-0.05, 0) is 24.3 Å². The number of ketones is 1. The summed E-state index contributed by atoms with van der Waals surface area (Å²) in [6.07, 6.45) is -4.96. The van der Waals surface area contributed by atoms with E-state index in [0.29, 0.717) is 0 Å². The van der Waals surface area contributed by atoms with Gasteiger partial charge in [-0.1, -0.05) is 12.1 Å². The van der Waals surface area contributed by atoms with Crippen molar-refractivity contribution < 1.29 is 36.4 Å². The number of rotatable bonds is 5. The topological polar surface area (TPSA) is 69.4 Å². The van der Waals surface area contributed by atoms with E-state index < -0.39 is 52.1 Å². The quantitative estimate of drug-likeness (QED) is 0.346. The molecule has 0 spiro atoms. The first-order valence-corrected chi connectivity index (χ1v) is 6.57. The van der Waals surface area contributed by atoms with Crippen molar-refractivity contribution >= 4 is 5.78 Å². The molecule has 2 aromatic carbocycles. The number of para-hydroxylation sites is 1. The van der Waals surface area contributed by atoms with Crippen LogP contribution in [0.5, 0.6) is 11.5 Å². The van der Waals surface area contributed by atoms with Crippen LogP contribution in [-0.4, -0.2) is 17.3 Å². The molecule has 0 fully saturated rings. The predicted molar refractivity (Wildman–Crippen MR) is 74.1 cm³/mol. The Bertz CT molecular complexity index is 812. The average molecular weight is 361 g/mol. The molecule has 0 bridgehead atoms. The van der Waals surface area contributed by atoms with E-state index in [0.717, 1.165) is 12.1 Å². The summed E-state index contributed by atoms with van der Waals surface area (Å²) in [5.41, 5.74) is -1.88. The molecule has 0 amide bonds. The molecule has 25 heavy (non-hydrogen) atoms. The van der Waals surface area contributed by atoms with E-state index in [1.54, 1.807) is 0 Å². The smallest absolute Gasteiger partial charge is 0.416 e. The Kier molecular flexibility index (Phi) is 5.00. The van der Waals surface area contributed by atoms with Gasteiger partial charge in [0.05, 0.1) is 11.1 Å². The molecular weight excluding hydrogens is 353 g/mol. The lowest BCUT2D eigenvalue weighted by Gasteiger charge is -2.13. The number of ether oxygens (including phenoxy) is 1. The van der Waals surface area contributed by atoms with Gasteiger partial charge in [0, 0.05) is 4.92 Å². The monoisotopic (exact) mass is 361 g/mol. The van der Waals surface area contributed by atoms with Gasteiger partial charge in [-0.2, -0.15) is 13.2 Å². The Morgan fingerprint density at radius 2 is 1.68 bits per heavy atom. The minimum Gasteiger partial charge on any atom is -0.450 e. The first-order chi connectivity index (χ1) is 11.6. The summed E-state index contributed by atoms with van der Waals surface area (Å²) in [7, 11) is 0. The van der Waals surface area contributed by atoms with Gasteiger partial charge in [-0.15, -0.1) is 0 Å². The Labute approximate surface area is 136 Å². The number of hydrogen-bond donors (Lipinski definition) is 0. The van der Waals surface area contributed by atoms with Crippen LogP contribution < -0.4 is 4.74 Å². The number of nitrogens with zero attached hydrogens (tertiary/aromatic N) is 1. The summed E-state index contributed by atoms with van der Waals surface area (Å²) < 4.78 is 70.0. The van der Waals surface area contributed by atoms with Crippen molar-refractivity contribution in [1.29, 1.82) is 0 Å². The molecule has 2 rings (SSSR count). The highest BCUT2D eigenvalue weighted by Crippen LogP contribution is 2.36. The van der Waals surface area contributed by atoms with E-state index in [9.17, 15) is 36.9 Å². The van der Waals surface area contributed by atoms with E-state index in [1.807, 2.05) is 0 Å². The van der Waals surface area contributed by atoms with E-state index in [2.05, 4.69) is 0 Å². The van der Waals surface area contributed by atoms with Gasteiger partial charge in [0.25, 0.3) is 6.54 Å². The molecule has 132 valence electrons. The van der Waals surface area contributed by atoms with Gasteiger partial charge in [-0.3, -0.25) is 14.9 Å². The zero-order valence-electron chi connectivity index (χ0n) is 12.1. The number of benzene rings is 2. The van der Waals surface area contributed by atoms with Crippen LogP contribution in [0.2, 0.25) is 0 Å². The van der Waals surface area contributed by atoms with Crippen molar-refractivity contribution in [2.45, 2.75) is 6.18 Å². The maximum absolute atomic E-state index is 13.8. The third-order valence-electron chi connectivity index (χ3n) is 3.00. The van der Waals surface area contributed by atoms with Crippen LogP contribution in [0.25, 0.3) is 0 Å². The molecule has 0 aromatic heterocycles. The predicted octanol–water partition coefficient (Wildman–Crippen LogP) is 4.24. The first-order valence-electron chi connectivity index (χ1n) is 6.57. The molecule has 0 atom stereocenters. The largest absolute Gasteiger partial charge is 0.450 e. The second kappa shape index (κ2) is 6.83. The highest BCUT2D eigenvalue weighted by Gasteiger charge is 2.33. The van der Waals surface area contributed by atoms with Crippen molar-refractivity contribution in [3.63, 3.8) is 0 Å². The normalized spacial score (nSPS) is 11.2. The van der Waals surface area contributed by atoms with E-state index in [-0.39, 0.29) is 17.7 Å². The lowest BCUT2D eigenvalue weighted by atomic mass is 10.1. The molecule has 0 N–H and O–H groups in total. The van der Waals surface area contributed by atoms with Crippen molar-refractivity contribution in [2.75, 3.05) is 6.54 Å². The Hall–Kier alpha value is -3.04. The van der Waals surface area contributed by atoms with Gasteiger partial charge < -0.3 is 4.74 Å². The highest BCUT2D eigenvalue weighted by atomic mass is 19.4. The number of carbonyl (C=O) groups excluding carboxylic acids is 1. The number of alkyl halides is 3. The fourth-order valence-electron chi connectivity index (χ4n) is 1.92.